The first-order valence-electron chi connectivity index (χ1n) is 7.26. The van der Waals surface area contributed by atoms with E-state index in [1.165, 1.54) is 23.0 Å². The molecule has 0 bridgehead atoms. The molecule has 1 aliphatic carbocycles. The molecule has 0 saturated carbocycles. The largest absolute Gasteiger partial charge is 0.302 e. The number of pyridine rings is 1. The number of hydrogen-bond acceptors (Lipinski definition) is 2. The van der Waals surface area contributed by atoms with Crippen LogP contribution < -0.4 is 0 Å². The second-order valence-electron chi connectivity index (χ2n) is 5.55. The van der Waals surface area contributed by atoms with Crippen LogP contribution in [0.1, 0.15) is 42.4 Å². The van der Waals surface area contributed by atoms with E-state index in [4.69, 9.17) is 0 Å². The minimum Gasteiger partial charge on any atom is -0.302 e. The van der Waals surface area contributed by atoms with E-state index >= 15 is 0 Å². The Hall–Kier alpha value is -1.96. The second-order valence-corrected chi connectivity index (χ2v) is 5.55. The Balaban J connectivity index is 2.16. The van der Waals surface area contributed by atoms with E-state index in [1.54, 1.807) is 6.20 Å². The minimum atomic E-state index is -0.405. The summed E-state index contributed by atoms with van der Waals surface area (Å²) in [4.78, 5) is 16.3. The van der Waals surface area contributed by atoms with Crippen molar-refractivity contribution < 1.29 is 4.79 Å². The summed E-state index contributed by atoms with van der Waals surface area (Å²) in [5.74, 6) is 0.230. The molecule has 1 aromatic carbocycles. The maximum Gasteiger partial charge on any atom is 0.131 e. The van der Waals surface area contributed by atoms with Crippen LogP contribution in [0, 0.1) is 0 Å². The Bertz CT molecular complexity index is 608. The van der Waals surface area contributed by atoms with Crippen LogP contribution in [-0.2, 0) is 16.6 Å². The molecule has 0 amide bonds. The summed E-state index contributed by atoms with van der Waals surface area (Å²) in [6.45, 7) is 2.11. The fourth-order valence-electron chi connectivity index (χ4n) is 3.65. The highest BCUT2D eigenvalue weighted by Crippen LogP contribution is 2.47. The molecule has 2 nitrogen and oxygen atoms in total. The molecule has 20 heavy (non-hydrogen) atoms. The smallest absolute Gasteiger partial charge is 0.131 e. The van der Waals surface area contributed by atoms with Crippen molar-refractivity contribution >= 4 is 6.29 Å². The molecule has 102 valence electrons. The Morgan fingerprint density at radius 3 is 2.85 bits per heavy atom. The first-order chi connectivity index (χ1) is 9.81. The van der Waals surface area contributed by atoms with Crippen LogP contribution in [0.2, 0.25) is 0 Å². The van der Waals surface area contributed by atoms with E-state index in [0.717, 1.165) is 19.3 Å². The highest BCUT2D eigenvalue weighted by molar-refractivity contribution is 5.73. The lowest BCUT2D eigenvalue weighted by Gasteiger charge is -2.41. The van der Waals surface area contributed by atoms with Gasteiger partial charge in [-0.2, -0.15) is 0 Å². The van der Waals surface area contributed by atoms with Crippen molar-refractivity contribution in [2.45, 2.75) is 37.5 Å². The van der Waals surface area contributed by atoms with Crippen molar-refractivity contribution in [3.63, 3.8) is 0 Å². The summed E-state index contributed by atoms with van der Waals surface area (Å²) in [5, 5.41) is 0. The van der Waals surface area contributed by atoms with E-state index in [1.807, 2.05) is 18.3 Å². The lowest BCUT2D eigenvalue weighted by molar-refractivity contribution is -0.113. The molecule has 2 atom stereocenters. The molecule has 2 aromatic rings. The van der Waals surface area contributed by atoms with Crippen molar-refractivity contribution in [1.82, 2.24) is 4.98 Å². The summed E-state index contributed by atoms with van der Waals surface area (Å²) in [5.41, 5.74) is 3.30. The first kappa shape index (κ1) is 13.0. The number of carbonyl (C=O) groups excluding carboxylic acids is 1. The van der Waals surface area contributed by atoms with Gasteiger partial charge in [-0.15, -0.1) is 0 Å². The predicted molar refractivity (Wildman–Crippen MR) is 79.8 cm³/mol. The van der Waals surface area contributed by atoms with E-state index < -0.39 is 5.41 Å². The van der Waals surface area contributed by atoms with Gasteiger partial charge in [0, 0.05) is 18.3 Å². The van der Waals surface area contributed by atoms with Crippen molar-refractivity contribution in [2.75, 3.05) is 0 Å². The summed E-state index contributed by atoms with van der Waals surface area (Å²) in [6.07, 6.45) is 7.73. The molecule has 0 N–H and O–H groups in total. The number of aromatic nitrogens is 1. The van der Waals surface area contributed by atoms with Gasteiger partial charge in [0.2, 0.25) is 0 Å². The molecule has 0 saturated heterocycles. The monoisotopic (exact) mass is 265 g/mol. The van der Waals surface area contributed by atoms with Gasteiger partial charge in [0.05, 0.1) is 5.41 Å². The van der Waals surface area contributed by atoms with Gasteiger partial charge < -0.3 is 4.79 Å². The Labute approximate surface area is 119 Å². The number of aryl methyl sites for hydroxylation is 1. The maximum atomic E-state index is 12.0. The Kier molecular flexibility index (Phi) is 3.39. The van der Waals surface area contributed by atoms with Gasteiger partial charge in [0.25, 0.3) is 0 Å². The van der Waals surface area contributed by atoms with E-state index in [-0.39, 0.29) is 5.92 Å². The normalized spacial score (nSPS) is 24.9. The van der Waals surface area contributed by atoms with Crippen molar-refractivity contribution in [3.8, 4) is 0 Å². The lowest BCUT2D eigenvalue weighted by atomic mass is 9.61. The predicted octanol–water partition coefficient (Wildman–Crippen LogP) is 3.66. The topological polar surface area (TPSA) is 30.0 Å². The summed E-state index contributed by atoms with van der Waals surface area (Å²) in [6, 6.07) is 12.4. The van der Waals surface area contributed by atoms with Crippen molar-refractivity contribution in [2.24, 2.45) is 0 Å². The second kappa shape index (κ2) is 5.20. The van der Waals surface area contributed by atoms with Crippen LogP contribution in [0.5, 0.6) is 0 Å². The third-order valence-electron chi connectivity index (χ3n) is 4.73. The zero-order valence-electron chi connectivity index (χ0n) is 11.8. The molecular formula is C18H19NO. The van der Waals surface area contributed by atoms with E-state index in [0.29, 0.717) is 0 Å². The van der Waals surface area contributed by atoms with Crippen LogP contribution in [-0.4, -0.2) is 11.3 Å². The third-order valence-corrected chi connectivity index (χ3v) is 4.73. The van der Waals surface area contributed by atoms with Crippen molar-refractivity contribution in [1.29, 1.82) is 0 Å². The molecule has 3 rings (SSSR count). The summed E-state index contributed by atoms with van der Waals surface area (Å²) >= 11 is 0. The average molecular weight is 265 g/mol. The Morgan fingerprint density at radius 1 is 1.30 bits per heavy atom. The molecular weight excluding hydrogens is 246 g/mol. The van der Waals surface area contributed by atoms with Crippen LogP contribution in [0.25, 0.3) is 0 Å². The van der Waals surface area contributed by atoms with Gasteiger partial charge in [-0.25, -0.2) is 0 Å². The molecule has 2 unspecified atom stereocenters. The number of nitrogens with zero attached hydrogens (tertiary/aromatic N) is 1. The molecule has 0 radical (unpaired) electrons. The zero-order chi connectivity index (χ0) is 14.0. The van der Waals surface area contributed by atoms with E-state index in [2.05, 4.69) is 36.2 Å². The molecule has 0 fully saturated rings. The number of hydrogen-bond donors (Lipinski definition) is 0. The molecule has 2 heteroatoms. The van der Waals surface area contributed by atoms with Gasteiger partial charge in [0.1, 0.15) is 6.29 Å². The zero-order valence-corrected chi connectivity index (χ0v) is 11.8. The fraction of sp³-hybridized carbons (Fsp3) is 0.333. The highest BCUT2D eigenvalue weighted by atomic mass is 16.1. The molecule has 0 spiro atoms. The van der Waals surface area contributed by atoms with Crippen LogP contribution in [0.3, 0.4) is 0 Å². The summed E-state index contributed by atoms with van der Waals surface area (Å²) < 4.78 is 0. The van der Waals surface area contributed by atoms with Crippen LogP contribution >= 0.6 is 0 Å². The average Bonchev–Trinajstić information content (AvgIpc) is 2.54. The number of benzene rings is 1. The maximum absolute atomic E-state index is 12.0. The SMILES string of the molecule is CCC1(C=O)c2ccccc2CCC1c1cccnc1. The summed E-state index contributed by atoms with van der Waals surface area (Å²) in [7, 11) is 0. The first-order valence-corrected chi connectivity index (χ1v) is 7.26. The molecule has 0 aliphatic heterocycles. The van der Waals surface area contributed by atoms with Gasteiger partial charge in [-0.05, 0) is 42.0 Å². The number of fused-ring (bicyclic) bond motifs is 1. The number of rotatable bonds is 3. The van der Waals surface area contributed by atoms with Crippen LogP contribution in [0.4, 0.5) is 0 Å². The van der Waals surface area contributed by atoms with Gasteiger partial charge in [-0.1, -0.05) is 37.3 Å². The van der Waals surface area contributed by atoms with Crippen LogP contribution in [0.15, 0.2) is 48.8 Å². The lowest BCUT2D eigenvalue weighted by Crippen LogP contribution is -2.39. The van der Waals surface area contributed by atoms with Crippen molar-refractivity contribution in [3.05, 3.63) is 65.5 Å². The molecule has 1 heterocycles. The number of aldehydes is 1. The third kappa shape index (κ3) is 1.87. The van der Waals surface area contributed by atoms with Gasteiger partial charge >= 0.3 is 0 Å². The minimum absolute atomic E-state index is 0.230. The fourth-order valence-corrected chi connectivity index (χ4v) is 3.65. The van der Waals surface area contributed by atoms with E-state index in [9.17, 15) is 4.79 Å². The van der Waals surface area contributed by atoms with Gasteiger partial charge in [0.15, 0.2) is 0 Å². The molecule has 1 aromatic heterocycles. The standard InChI is InChI=1S/C18H19NO/c1-2-18(13-20)16-8-4-3-6-14(16)9-10-17(18)15-7-5-11-19-12-15/h3-8,11-13,17H,2,9-10H2,1H3. The highest BCUT2D eigenvalue weighted by Gasteiger charge is 2.43. The Morgan fingerprint density at radius 2 is 2.15 bits per heavy atom. The number of carbonyl (C=O) groups is 1. The van der Waals surface area contributed by atoms with Gasteiger partial charge in [-0.3, -0.25) is 4.98 Å². The molecule has 1 aliphatic rings. The quantitative estimate of drug-likeness (QED) is 0.793.